The summed E-state index contributed by atoms with van der Waals surface area (Å²) in [5.41, 5.74) is -0.526. The first-order valence-corrected chi connectivity index (χ1v) is 6.58. The minimum atomic E-state index is -1.56. The summed E-state index contributed by atoms with van der Waals surface area (Å²) in [7, 11) is 1.34. The largest absolute Gasteiger partial charge is 0.298 e. The second-order valence-corrected chi connectivity index (χ2v) is 4.98. The van der Waals surface area contributed by atoms with Gasteiger partial charge in [-0.05, 0) is 11.1 Å². The van der Waals surface area contributed by atoms with Gasteiger partial charge in [0, 0.05) is 7.05 Å². The highest BCUT2D eigenvalue weighted by Gasteiger charge is 2.60. The number of likely N-dealkylation sites (tertiary alicyclic amines) is 1. The van der Waals surface area contributed by atoms with Crippen molar-refractivity contribution >= 4 is 17.6 Å². The average Bonchev–Trinajstić information content (AvgIpc) is 2.71. The molecule has 1 heterocycles. The van der Waals surface area contributed by atoms with Gasteiger partial charge in [-0.15, -0.1) is 0 Å². The van der Waals surface area contributed by atoms with E-state index >= 15 is 0 Å². The number of likely N-dealkylation sites (N-methyl/N-ethyl adjacent to an activating group) is 1. The molecule has 4 nitrogen and oxygen atoms in total. The molecule has 0 atom stereocenters. The summed E-state index contributed by atoms with van der Waals surface area (Å²) in [6.45, 7) is 0. The van der Waals surface area contributed by atoms with Gasteiger partial charge in [-0.2, -0.15) is 0 Å². The number of carbonyl (C=O) groups is 3. The molecule has 2 aromatic rings. The Balaban J connectivity index is 2.35. The SMILES string of the molecule is CN1C(=O)C(=O)C(c2ccccc2)(c2ccccc2)C1=O. The van der Waals surface area contributed by atoms with Crippen molar-refractivity contribution in [1.82, 2.24) is 4.90 Å². The van der Waals surface area contributed by atoms with Crippen molar-refractivity contribution in [3.05, 3.63) is 71.8 Å². The van der Waals surface area contributed by atoms with Crippen LogP contribution >= 0.6 is 0 Å². The fourth-order valence-corrected chi connectivity index (χ4v) is 2.81. The Morgan fingerprint density at radius 3 is 1.52 bits per heavy atom. The van der Waals surface area contributed by atoms with Crippen molar-refractivity contribution < 1.29 is 14.4 Å². The van der Waals surface area contributed by atoms with Gasteiger partial charge in [-0.3, -0.25) is 19.3 Å². The highest BCUT2D eigenvalue weighted by atomic mass is 16.2. The predicted molar refractivity (Wildman–Crippen MR) is 76.4 cm³/mol. The molecule has 1 aliphatic heterocycles. The van der Waals surface area contributed by atoms with Crippen LogP contribution in [0.25, 0.3) is 0 Å². The van der Waals surface area contributed by atoms with Gasteiger partial charge in [0.15, 0.2) is 5.41 Å². The smallest absolute Gasteiger partial charge is 0.287 e. The van der Waals surface area contributed by atoms with Crippen LogP contribution in [0, 0.1) is 0 Å². The van der Waals surface area contributed by atoms with E-state index < -0.39 is 23.0 Å². The zero-order valence-corrected chi connectivity index (χ0v) is 11.4. The van der Waals surface area contributed by atoms with Crippen LogP contribution < -0.4 is 0 Å². The van der Waals surface area contributed by atoms with E-state index in [9.17, 15) is 14.4 Å². The molecule has 1 saturated heterocycles. The van der Waals surface area contributed by atoms with Gasteiger partial charge in [-0.1, -0.05) is 60.7 Å². The van der Waals surface area contributed by atoms with Gasteiger partial charge < -0.3 is 0 Å². The van der Waals surface area contributed by atoms with E-state index in [1.807, 2.05) is 0 Å². The van der Waals surface area contributed by atoms with E-state index in [1.54, 1.807) is 60.7 Å². The molecular formula is C17H13NO3. The maximum atomic E-state index is 12.7. The molecule has 4 heteroatoms. The molecule has 21 heavy (non-hydrogen) atoms. The molecule has 0 saturated carbocycles. The third-order valence-electron chi connectivity index (χ3n) is 3.88. The van der Waals surface area contributed by atoms with Gasteiger partial charge >= 0.3 is 0 Å². The Morgan fingerprint density at radius 1 is 0.762 bits per heavy atom. The van der Waals surface area contributed by atoms with Crippen LogP contribution in [0.5, 0.6) is 0 Å². The molecule has 0 aliphatic carbocycles. The van der Waals surface area contributed by atoms with Crippen LogP contribution in [0.15, 0.2) is 60.7 Å². The summed E-state index contributed by atoms with van der Waals surface area (Å²) in [6, 6.07) is 17.4. The van der Waals surface area contributed by atoms with E-state index in [-0.39, 0.29) is 0 Å². The number of imide groups is 1. The van der Waals surface area contributed by atoms with Gasteiger partial charge in [0.1, 0.15) is 0 Å². The van der Waals surface area contributed by atoms with E-state index in [0.717, 1.165) is 4.90 Å². The van der Waals surface area contributed by atoms with Crippen molar-refractivity contribution in [3.63, 3.8) is 0 Å². The van der Waals surface area contributed by atoms with Gasteiger partial charge in [0.2, 0.25) is 5.78 Å². The van der Waals surface area contributed by atoms with Crippen LogP contribution in [0.3, 0.4) is 0 Å². The summed E-state index contributed by atoms with van der Waals surface area (Å²) in [5.74, 6) is -1.98. The molecule has 2 amide bonds. The number of rotatable bonds is 2. The maximum absolute atomic E-state index is 12.7. The number of hydrogen-bond acceptors (Lipinski definition) is 3. The zero-order valence-electron chi connectivity index (χ0n) is 11.4. The fraction of sp³-hybridized carbons (Fsp3) is 0.118. The van der Waals surface area contributed by atoms with Crippen LogP contribution in [0.4, 0.5) is 0 Å². The Labute approximate surface area is 122 Å². The molecule has 1 fully saturated rings. The van der Waals surface area contributed by atoms with Crippen LogP contribution in [0.2, 0.25) is 0 Å². The lowest BCUT2D eigenvalue weighted by Crippen LogP contribution is -2.41. The van der Waals surface area contributed by atoms with E-state index in [1.165, 1.54) is 7.05 Å². The maximum Gasteiger partial charge on any atom is 0.298 e. The van der Waals surface area contributed by atoms with Gasteiger partial charge in [-0.25, -0.2) is 0 Å². The molecule has 104 valence electrons. The Morgan fingerprint density at radius 2 is 1.19 bits per heavy atom. The van der Waals surface area contributed by atoms with Crippen molar-refractivity contribution in [3.8, 4) is 0 Å². The topological polar surface area (TPSA) is 54.5 Å². The third-order valence-corrected chi connectivity index (χ3v) is 3.88. The minimum absolute atomic E-state index is 0.505. The molecule has 3 rings (SSSR count). The highest BCUT2D eigenvalue weighted by Crippen LogP contribution is 2.39. The molecule has 2 aromatic carbocycles. The lowest BCUT2D eigenvalue weighted by molar-refractivity contribution is -0.141. The van der Waals surface area contributed by atoms with Crippen molar-refractivity contribution in [2.45, 2.75) is 5.41 Å². The molecule has 1 aliphatic rings. The zero-order chi connectivity index (χ0) is 15.0. The summed E-state index contributed by atoms with van der Waals surface area (Å²) in [4.78, 5) is 38.3. The lowest BCUT2D eigenvalue weighted by atomic mass is 9.72. The van der Waals surface area contributed by atoms with Crippen molar-refractivity contribution in [2.24, 2.45) is 0 Å². The number of Topliss-reactive ketones (excluding diaryl/α,β-unsaturated/α-hetero) is 1. The van der Waals surface area contributed by atoms with Crippen LogP contribution in [-0.4, -0.2) is 29.5 Å². The van der Waals surface area contributed by atoms with E-state index in [0.29, 0.717) is 11.1 Å². The van der Waals surface area contributed by atoms with Crippen LogP contribution in [-0.2, 0) is 19.8 Å². The second kappa shape index (κ2) is 4.66. The molecule has 0 spiro atoms. The molecule has 0 bridgehead atoms. The molecular weight excluding hydrogens is 266 g/mol. The Hall–Kier alpha value is -2.75. The summed E-state index contributed by atoms with van der Waals surface area (Å²) in [5, 5.41) is 0. The first kappa shape index (κ1) is 13.2. The highest BCUT2D eigenvalue weighted by molar-refractivity contribution is 6.53. The van der Waals surface area contributed by atoms with Gasteiger partial charge in [0.25, 0.3) is 11.8 Å². The Kier molecular flexibility index (Phi) is 2.94. The van der Waals surface area contributed by atoms with E-state index in [4.69, 9.17) is 0 Å². The standard InChI is InChI=1S/C17H13NO3/c1-18-15(20)14(19)17(16(18)21,12-8-4-2-5-9-12)13-10-6-3-7-11-13/h2-11H,1H3. The number of hydrogen-bond donors (Lipinski definition) is 0. The normalized spacial score (nSPS) is 17.4. The van der Waals surface area contributed by atoms with Gasteiger partial charge in [0.05, 0.1) is 0 Å². The van der Waals surface area contributed by atoms with E-state index in [2.05, 4.69) is 0 Å². The number of carbonyl (C=O) groups excluding carboxylic acids is 3. The molecule has 0 unspecified atom stereocenters. The number of amides is 2. The fourth-order valence-electron chi connectivity index (χ4n) is 2.81. The van der Waals surface area contributed by atoms with Crippen molar-refractivity contribution in [2.75, 3.05) is 7.05 Å². The van der Waals surface area contributed by atoms with Crippen LogP contribution in [0.1, 0.15) is 11.1 Å². The predicted octanol–water partition coefficient (Wildman–Crippen LogP) is 1.54. The van der Waals surface area contributed by atoms with Crippen molar-refractivity contribution in [1.29, 1.82) is 0 Å². The number of benzene rings is 2. The first-order chi connectivity index (χ1) is 10.1. The Bertz CT molecular complexity index is 683. The summed E-state index contributed by atoms with van der Waals surface area (Å²) >= 11 is 0. The second-order valence-electron chi connectivity index (χ2n) is 4.98. The molecule has 0 N–H and O–H groups in total. The summed E-state index contributed by atoms with van der Waals surface area (Å²) in [6.07, 6.45) is 0. The minimum Gasteiger partial charge on any atom is -0.287 e. The third kappa shape index (κ3) is 1.65. The number of nitrogens with zero attached hydrogens (tertiary/aromatic N) is 1. The molecule has 0 radical (unpaired) electrons. The quantitative estimate of drug-likeness (QED) is 0.476. The first-order valence-electron chi connectivity index (χ1n) is 6.58. The molecule has 0 aromatic heterocycles. The summed E-state index contributed by atoms with van der Waals surface area (Å²) < 4.78 is 0. The monoisotopic (exact) mass is 279 g/mol. The number of ketones is 1. The lowest BCUT2D eigenvalue weighted by Gasteiger charge is -2.25. The average molecular weight is 279 g/mol.